The molecule has 0 aliphatic carbocycles. The Morgan fingerprint density at radius 2 is 2.12 bits per heavy atom. The van der Waals surface area contributed by atoms with Gasteiger partial charge in [-0.3, -0.25) is 0 Å². The predicted molar refractivity (Wildman–Crippen MR) is 60.2 cm³/mol. The molecule has 0 amide bonds. The molecule has 0 bridgehead atoms. The van der Waals surface area contributed by atoms with Gasteiger partial charge in [0.1, 0.15) is 6.61 Å². The van der Waals surface area contributed by atoms with Gasteiger partial charge >= 0.3 is 6.47 Å². The average molecular weight is 221 g/mol. The molecule has 0 saturated heterocycles. The van der Waals surface area contributed by atoms with Crippen molar-refractivity contribution in [3.63, 3.8) is 0 Å². The third kappa shape index (κ3) is 3.02. The molecule has 0 aliphatic rings. The maximum atomic E-state index is 9.81. The third-order valence-corrected chi connectivity index (χ3v) is 1.97. The zero-order valence-corrected chi connectivity index (χ0v) is 9.23. The monoisotopic (exact) mass is 221 g/mol. The molecular formula is C12H13O4. The summed E-state index contributed by atoms with van der Waals surface area (Å²) in [7, 11) is 3.15. The Hall–Kier alpha value is -1.97. The molecule has 0 heterocycles. The fourth-order valence-corrected chi connectivity index (χ4v) is 1.30. The molecular weight excluding hydrogens is 208 g/mol. The van der Waals surface area contributed by atoms with Crippen LogP contribution in [0.2, 0.25) is 0 Å². The highest BCUT2D eigenvalue weighted by Crippen LogP contribution is 2.31. The van der Waals surface area contributed by atoms with Crippen LogP contribution in [0.1, 0.15) is 5.56 Å². The van der Waals surface area contributed by atoms with Crippen molar-refractivity contribution in [3.8, 4) is 11.5 Å². The first-order valence-electron chi connectivity index (χ1n) is 4.70. The molecule has 0 aliphatic heterocycles. The average Bonchev–Trinajstić information content (AvgIpc) is 2.34. The number of methoxy groups -OCH3 is 2. The van der Waals surface area contributed by atoms with E-state index in [0.717, 1.165) is 5.56 Å². The first-order valence-corrected chi connectivity index (χ1v) is 4.70. The van der Waals surface area contributed by atoms with Gasteiger partial charge in [0.25, 0.3) is 0 Å². The molecule has 0 unspecified atom stereocenters. The summed E-state index contributed by atoms with van der Waals surface area (Å²) in [4.78, 5) is 9.81. The maximum absolute atomic E-state index is 9.81. The van der Waals surface area contributed by atoms with Crippen molar-refractivity contribution in [2.75, 3.05) is 20.8 Å². The van der Waals surface area contributed by atoms with Gasteiger partial charge in [0, 0.05) is 5.56 Å². The Morgan fingerprint density at radius 3 is 2.75 bits per heavy atom. The van der Waals surface area contributed by atoms with Gasteiger partial charge in [-0.2, -0.15) is 0 Å². The van der Waals surface area contributed by atoms with E-state index in [0.29, 0.717) is 11.5 Å². The number of hydrogen-bond acceptors (Lipinski definition) is 4. The Kier molecular flexibility index (Phi) is 4.92. The van der Waals surface area contributed by atoms with Crippen LogP contribution >= 0.6 is 0 Å². The lowest BCUT2D eigenvalue weighted by atomic mass is 10.1. The standard InChI is InChI=1S/C12H13O4/c1-14-11-7-3-5-10(12(11)15-2)6-4-8-16-9-13/h3-7H,8H2,1-2H3. The summed E-state index contributed by atoms with van der Waals surface area (Å²) in [6, 6.07) is 5.54. The van der Waals surface area contributed by atoms with E-state index in [1.54, 1.807) is 26.4 Å². The molecule has 0 N–H and O–H groups in total. The predicted octanol–water partition coefficient (Wildman–Crippen LogP) is 1.80. The van der Waals surface area contributed by atoms with Crippen LogP contribution in [0.3, 0.4) is 0 Å². The topological polar surface area (TPSA) is 44.8 Å². The zero-order chi connectivity index (χ0) is 11.8. The van der Waals surface area contributed by atoms with Crippen molar-refractivity contribution < 1.29 is 19.0 Å². The minimum atomic E-state index is 0.184. The van der Waals surface area contributed by atoms with Gasteiger partial charge in [-0.25, -0.2) is 4.79 Å². The summed E-state index contributed by atoms with van der Waals surface area (Å²) in [5.41, 5.74) is 0.858. The fraction of sp³-hybridized carbons (Fsp3) is 0.250. The molecule has 1 aromatic rings. The molecule has 1 aromatic carbocycles. The van der Waals surface area contributed by atoms with E-state index < -0.39 is 0 Å². The second-order valence-corrected chi connectivity index (χ2v) is 2.88. The maximum Gasteiger partial charge on any atom is 0.417 e. The summed E-state index contributed by atoms with van der Waals surface area (Å²) in [6.07, 6.45) is 3.49. The first kappa shape index (κ1) is 12.1. The van der Waals surface area contributed by atoms with Crippen molar-refractivity contribution in [1.29, 1.82) is 0 Å². The van der Waals surface area contributed by atoms with Crippen LogP contribution in [0.5, 0.6) is 11.5 Å². The number of carbonyl (C=O) groups excluding carboxylic acids is 1. The van der Waals surface area contributed by atoms with Crippen LogP contribution < -0.4 is 9.47 Å². The first-order chi connectivity index (χ1) is 7.83. The van der Waals surface area contributed by atoms with Gasteiger partial charge in [0.15, 0.2) is 11.5 Å². The number of para-hydroxylation sites is 1. The number of hydrogen-bond donors (Lipinski definition) is 0. The third-order valence-electron chi connectivity index (χ3n) is 1.97. The van der Waals surface area contributed by atoms with Crippen LogP contribution in [0, 0.1) is 0 Å². The van der Waals surface area contributed by atoms with E-state index in [1.165, 1.54) is 6.47 Å². The normalized spacial score (nSPS) is 10.1. The Bertz CT molecular complexity index is 371. The Balaban J connectivity index is 2.86. The van der Waals surface area contributed by atoms with Gasteiger partial charge in [-0.05, 0) is 12.1 Å². The van der Waals surface area contributed by atoms with E-state index in [1.807, 2.05) is 18.2 Å². The SMILES string of the molecule is COc1cccc(C=CCO[C]=O)c1OC. The minimum Gasteiger partial charge on any atom is -0.493 e. The lowest BCUT2D eigenvalue weighted by molar-refractivity contribution is 0.314. The van der Waals surface area contributed by atoms with E-state index in [9.17, 15) is 4.79 Å². The van der Waals surface area contributed by atoms with Gasteiger partial charge in [-0.15, -0.1) is 0 Å². The molecule has 1 radical (unpaired) electrons. The van der Waals surface area contributed by atoms with E-state index >= 15 is 0 Å². The highest BCUT2D eigenvalue weighted by Gasteiger charge is 2.05. The van der Waals surface area contributed by atoms with Crippen LogP contribution in [0.4, 0.5) is 0 Å². The largest absolute Gasteiger partial charge is 0.493 e. The molecule has 4 nitrogen and oxygen atoms in total. The molecule has 0 aromatic heterocycles. The molecule has 1 rings (SSSR count). The summed E-state index contributed by atoms with van der Waals surface area (Å²) in [5, 5.41) is 0. The lowest BCUT2D eigenvalue weighted by Gasteiger charge is -2.09. The summed E-state index contributed by atoms with van der Waals surface area (Å²) < 4.78 is 14.8. The summed E-state index contributed by atoms with van der Waals surface area (Å²) in [6.45, 7) is 1.53. The van der Waals surface area contributed by atoms with Crippen LogP contribution in [0.25, 0.3) is 6.08 Å². The smallest absolute Gasteiger partial charge is 0.417 e. The highest BCUT2D eigenvalue weighted by molar-refractivity contribution is 5.62. The number of benzene rings is 1. The molecule has 85 valence electrons. The molecule has 0 saturated carbocycles. The highest BCUT2D eigenvalue weighted by atomic mass is 16.5. The quantitative estimate of drug-likeness (QED) is 0.687. The molecule has 0 fully saturated rings. The zero-order valence-electron chi connectivity index (χ0n) is 9.23. The van der Waals surface area contributed by atoms with E-state index in [-0.39, 0.29) is 6.61 Å². The molecule has 16 heavy (non-hydrogen) atoms. The van der Waals surface area contributed by atoms with Crippen molar-refractivity contribution in [1.82, 2.24) is 0 Å². The van der Waals surface area contributed by atoms with Crippen molar-refractivity contribution >= 4 is 12.5 Å². The van der Waals surface area contributed by atoms with Gasteiger partial charge < -0.3 is 14.2 Å². The van der Waals surface area contributed by atoms with Gasteiger partial charge in [0.2, 0.25) is 0 Å². The van der Waals surface area contributed by atoms with Crippen LogP contribution in [0.15, 0.2) is 24.3 Å². The van der Waals surface area contributed by atoms with E-state index in [4.69, 9.17) is 9.47 Å². The number of ether oxygens (including phenoxy) is 3. The molecule has 0 spiro atoms. The molecule has 0 atom stereocenters. The van der Waals surface area contributed by atoms with Crippen molar-refractivity contribution in [2.24, 2.45) is 0 Å². The van der Waals surface area contributed by atoms with Crippen molar-refractivity contribution in [2.45, 2.75) is 0 Å². The number of rotatable bonds is 6. The summed E-state index contributed by atoms with van der Waals surface area (Å²) >= 11 is 0. The van der Waals surface area contributed by atoms with Crippen LogP contribution in [-0.4, -0.2) is 27.3 Å². The summed E-state index contributed by atoms with van der Waals surface area (Å²) in [5.74, 6) is 1.31. The van der Waals surface area contributed by atoms with Crippen LogP contribution in [-0.2, 0) is 9.53 Å². The molecule has 4 heteroatoms. The Morgan fingerprint density at radius 1 is 1.31 bits per heavy atom. The fourth-order valence-electron chi connectivity index (χ4n) is 1.30. The second kappa shape index (κ2) is 6.50. The van der Waals surface area contributed by atoms with Gasteiger partial charge in [0.05, 0.1) is 14.2 Å². The minimum absolute atomic E-state index is 0.184. The van der Waals surface area contributed by atoms with E-state index in [2.05, 4.69) is 4.74 Å². The second-order valence-electron chi connectivity index (χ2n) is 2.88. The van der Waals surface area contributed by atoms with Crippen molar-refractivity contribution in [3.05, 3.63) is 29.8 Å². The van der Waals surface area contributed by atoms with Gasteiger partial charge in [-0.1, -0.05) is 18.2 Å². The lowest BCUT2D eigenvalue weighted by Crippen LogP contribution is -1.93. The Labute approximate surface area is 94.4 Å².